The Morgan fingerprint density at radius 1 is 0.727 bits per heavy atom. The van der Waals surface area contributed by atoms with Crippen LogP contribution < -0.4 is 0 Å². The fourth-order valence-corrected chi connectivity index (χ4v) is 2.15. The van der Waals surface area contributed by atoms with Gasteiger partial charge in [0.1, 0.15) is 0 Å². The quantitative estimate of drug-likeness (QED) is 0.279. The molecule has 0 aliphatic carbocycles. The van der Waals surface area contributed by atoms with E-state index in [9.17, 15) is 4.79 Å². The fraction of sp³-hybridized carbons (Fsp3) is 0.650. The van der Waals surface area contributed by atoms with Crippen molar-refractivity contribution in [2.75, 3.05) is 0 Å². The Morgan fingerprint density at radius 2 is 1.23 bits per heavy atom. The maximum atomic E-state index is 10.3. The number of allylic oxidation sites excluding steroid dienone is 6. The monoisotopic (exact) mass is 306 g/mol. The highest BCUT2D eigenvalue weighted by atomic mass is 16.4. The first-order valence-corrected chi connectivity index (χ1v) is 8.94. The topological polar surface area (TPSA) is 37.3 Å². The number of carboxylic acids is 1. The maximum Gasteiger partial charge on any atom is 0.303 e. The highest BCUT2D eigenvalue weighted by Crippen LogP contribution is 2.04. The third-order valence-corrected chi connectivity index (χ3v) is 3.50. The number of hydrogen-bond donors (Lipinski definition) is 1. The minimum absolute atomic E-state index is 0.292. The van der Waals surface area contributed by atoms with Crippen LogP contribution in [0.25, 0.3) is 0 Å². The summed E-state index contributed by atoms with van der Waals surface area (Å²) in [6.07, 6.45) is 26.3. The van der Waals surface area contributed by atoms with Crippen molar-refractivity contribution in [3.8, 4) is 0 Å². The van der Waals surface area contributed by atoms with E-state index >= 15 is 0 Å². The van der Waals surface area contributed by atoms with Gasteiger partial charge in [0.05, 0.1) is 0 Å². The van der Waals surface area contributed by atoms with Crippen molar-refractivity contribution in [1.82, 2.24) is 0 Å². The summed E-state index contributed by atoms with van der Waals surface area (Å²) in [4.78, 5) is 10.3. The molecule has 0 saturated carbocycles. The molecule has 0 spiro atoms. The summed E-state index contributed by atoms with van der Waals surface area (Å²) in [5.41, 5.74) is 0. The molecule has 0 unspecified atom stereocenters. The van der Waals surface area contributed by atoms with E-state index in [4.69, 9.17) is 5.11 Å². The molecule has 0 rings (SSSR count). The van der Waals surface area contributed by atoms with Gasteiger partial charge in [-0.25, -0.2) is 0 Å². The number of rotatable bonds is 15. The molecule has 0 aliphatic rings. The lowest BCUT2D eigenvalue weighted by atomic mass is 10.1. The van der Waals surface area contributed by atoms with E-state index in [1.807, 2.05) is 0 Å². The van der Waals surface area contributed by atoms with Gasteiger partial charge < -0.3 is 5.11 Å². The standard InChI is InChI=1S/C20H34O2/c1-2-3-4-5-6-7-8-9-10-11-12-13-14-15-16-17-18-19-20(21)22/h6-7,11-12,14-15H,2-5,8-10,13,16-19H2,1H3,(H,21,22)/b7-6+,12-11+,15-14+. The Balaban J connectivity index is 3.28. The van der Waals surface area contributed by atoms with E-state index < -0.39 is 5.97 Å². The highest BCUT2D eigenvalue weighted by Gasteiger charge is 1.93. The summed E-state index contributed by atoms with van der Waals surface area (Å²) in [5.74, 6) is -0.692. The van der Waals surface area contributed by atoms with Crippen molar-refractivity contribution in [3.05, 3.63) is 36.5 Å². The van der Waals surface area contributed by atoms with Gasteiger partial charge in [0, 0.05) is 6.42 Å². The molecule has 0 amide bonds. The van der Waals surface area contributed by atoms with E-state index in [1.165, 1.54) is 38.5 Å². The number of carbonyl (C=O) groups is 1. The fourth-order valence-electron chi connectivity index (χ4n) is 2.15. The smallest absolute Gasteiger partial charge is 0.303 e. The van der Waals surface area contributed by atoms with Crippen molar-refractivity contribution in [3.63, 3.8) is 0 Å². The van der Waals surface area contributed by atoms with Crippen LogP contribution in [-0.2, 0) is 4.79 Å². The van der Waals surface area contributed by atoms with Crippen molar-refractivity contribution < 1.29 is 9.90 Å². The molecule has 0 aromatic heterocycles. The van der Waals surface area contributed by atoms with E-state index in [1.54, 1.807) is 0 Å². The van der Waals surface area contributed by atoms with Crippen LogP contribution in [0.4, 0.5) is 0 Å². The SMILES string of the molecule is CCCCC/C=C/CCC/C=C/C/C=C/CCCCC(=O)O. The third kappa shape index (κ3) is 18.7. The zero-order chi connectivity index (χ0) is 16.3. The number of aliphatic carboxylic acids is 1. The van der Waals surface area contributed by atoms with Gasteiger partial charge in [-0.05, 0) is 57.8 Å². The predicted molar refractivity (Wildman–Crippen MR) is 96.1 cm³/mol. The molecule has 2 heteroatoms. The van der Waals surface area contributed by atoms with Crippen LogP contribution in [0.5, 0.6) is 0 Å². The normalized spacial score (nSPS) is 12.0. The summed E-state index contributed by atoms with van der Waals surface area (Å²) in [6, 6.07) is 0. The van der Waals surface area contributed by atoms with Crippen molar-refractivity contribution >= 4 is 5.97 Å². The molecule has 22 heavy (non-hydrogen) atoms. The number of unbranched alkanes of at least 4 members (excludes halogenated alkanes) is 7. The Bertz CT molecular complexity index is 327. The Labute approximate surface area is 137 Å². The van der Waals surface area contributed by atoms with Crippen molar-refractivity contribution in [1.29, 1.82) is 0 Å². The lowest BCUT2D eigenvalue weighted by Crippen LogP contribution is -1.92. The molecule has 0 saturated heterocycles. The van der Waals surface area contributed by atoms with Gasteiger partial charge in [-0.2, -0.15) is 0 Å². The first-order valence-electron chi connectivity index (χ1n) is 8.94. The molecule has 1 N–H and O–H groups in total. The molecule has 0 aromatic carbocycles. The largest absolute Gasteiger partial charge is 0.481 e. The van der Waals surface area contributed by atoms with Crippen LogP contribution in [0, 0.1) is 0 Å². The molecule has 126 valence electrons. The molecular weight excluding hydrogens is 272 g/mol. The van der Waals surface area contributed by atoms with Gasteiger partial charge in [0.2, 0.25) is 0 Å². The van der Waals surface area contributed by atoms with Gasteiger partial charge in [0.25, 0.3) is 0 Å². The molecular formula is C20H34O2. The van der Waals surface area contributed by atoms with Crippen LogP contribution in [0.3, 0.4) is 0 Å². The molecule has 0 bridgehead atoms. The Kier molecular flexibility index (Phi) is 16.7. The second-order valence-electron chi connectivity index (χ2n) is 5.72. The van der Waals surface area contributed by atoms with Gasteiger partial charge in [-0.3, -0.25) is 4.79 Å². The average molecular weight is 306 g/mol. The number of carboxylic acid groups (broad SMARTS) is 1. The summed E-state index contributed by atoms with van der Waals surface area (Å²) < 4.78 is 0. The summed E-state index contributed by atoms with van der Waals surface area (Å²) in [7, 11) is 0. The molecule has 0 atom stereocenters. The van der Waals surface area contributed by atoms with Gasteiger partial charge >= 0.3 is 5.97 Å². The minimum atomic E-state index is -0.692. The Morgan fingerprint density at radius 3 is 1.77 bits per heavy atom. The van der Waals surface area contributed by atoms with E-state index in [0.717, 1.165) is 32.1 Å². The van der Waals surface area contributed by atoms with Gasteiger partial charge in [-0.15, -0.1) is 0 Å². The summed E-state index contributed by atoms with van der Waals surface area (Å²) >= 11 is 0. The van der Waals surface area contributed by atoms with Crippen LogP contribution in [0.1, 0.15) is 84.0 Å². The van der Waals surface area contributed by atoms with Crippen molar-refractivity contribution in [2.24, 2.45) is 0 Å². The molecule has 0 radical (unpaired) electrons. The summed E-state index contributed by atoms with van der Waals surface area (Å²) in [6.45, 7) is 2.24. The van der Waals surface area contributed by atoms with E-state index in [2.05, 4.69) is 43.4 Å². The molecule has 0 heterocycles. The minimum Gasteiger partial charge on any atom is -0.481 e. The number of hydrogen-bond acceptors (Lipinski definition) is 1. The zero-order valence-corrected chi connectivity index (χ0v) is 14.3. The predicted octanol–water partition coefficient (Wildman–Crippen LogP) is 6.44. The molecule has 0 aromatic rings. The lowest BCUT2D eigenvalue weighted by molar-refractivity contribution is -0.137. The average Bonchev–Trinajstić information content (AvgIpc) is 2.50. The third-order valence-electron chi connectivity index (χ3n) is 3.50. The molecule has 0 fully saturated rings. The first-order chi connectivity index (χ1) is 10.8. The van der Waals surface area contributed by atoms with E-state index in [-0.39, 0.29) is 0 Å². The lowest BCUT2D eigenvalue weighted by Gasteiger charge is -1.93. The van der Waals surface area contributed by atoms with E-state index in [0.29, 0.717) is 6.42 Å². The second-order valence-corrected chi connectivity index (χ2v) is 5.72. The Hall–Kier alpha value is -1.31. The van der Waals surface area contributed by atoms with Gasteiger partial charge in [-0.1, -0.05) is 56.2 Å². The van der Waals surface area contributed by atoms with Crippen LogP contribution in [0.2, 0.25) is 0 Å². The highest BCUT2D eigenvalue weighted by molar-refractivity contribution is 5.66. The molecule has 0 aliphatic heterocycles. The summed E-state index contributed by atoms with van der Waals surface area (Å²) in [5, 5.41) is 8.51. The van der Waals surface area contributed by atoms with Crippen molar-refractivity contribution in [2.45, 2.75) is 84.0 Å². The second kappa shape index (κ2) is 17.7. The van der Waals surface area contributed by atoms with Crippen LogP contribution in [0.15, 0.2) is 36.5 Å². The zero-order valence-electron chi connectivity index (χ0n) is 14.3. The van der Waals surface area contributed by atoms with Crippen LogP contribution >= 0.6 is 0 Å². The maximum absolute atomic E-state index is 10.3. The molecule has 2 nitrogen and oxygen atoms in total. The van der Waals surface area contributed by atoms with Gasteiger partial charge in [0.15, 0.2) is 0 Å². The first kappa shape index (κ1) is 20.7. The van der Waals surface area contributed by atoms with Crippen LogP contribution in [-0.4, -0.2) is 11.1 Å².